The van der Waals surface area contributed by atoms with Gasteiger partial charge in [-0.25, -0.2) is 0 Å². The van der Waals surface area contributed by atoms with Gasteiger partial charge in [0.1, 0.15) is 0 Å². The van der Waals surface area contributed by atoms with Crippen molar-refractivity contribution in [2.24, 2.45) is 0 Å². The van der Waals surface area contributed by atoms with Crippen molar-refractivity contribution in [2.45, 2.75) is 11.8 Å². The van der Waals surface area contributed by atoms with Crippen LogP contribution in [0.15, 0.2) is 34.1 Å². The van der Waals surface area contributed by atoms with Gasteiger partial charge in [-0.05, 0) is 52.2 Å². The lowest BCUT2D eigenvalue weighted by atomic mass is 10.1. The minimum atomic E-state index is 0.209. The summed E-state index contributed by atoms with van der Waals surface area (Å²) in [6, 6.07) is 10.1. The fourth-order valence-electron chi connectivity index (χ4n) is 1.44. The standard InChI is InChI=1S/C12H9Br2ClS/c1-7-5-10(16-12(7)14)11(13)8-3-2-4-9(15)6-8/h2-6,11H,1H3. The number of halogens is 3. The number of rotatable bonds is 2. The molecular weight excluding hydrogens is 371 g/mol. The van der Waals surface area contributed by atoms with Gasteiger partial charge in [-0.2, -0.15) is 0 Å². The minimum Gasteiger partial charge on any atom is -0.131 e. The SMILES string of the molecule is Cc1cc(C(Br)c2cccc(Cl)c2)sc1Br. The molecule has 0 fully saturated rings. The molecule has 4 heteroatoms. The number of thiophene rings is 1. The van der Waals surface area contributed by atoms with Crippen molar-refractivity contribution >= 4 is 54.8 Å². The molecule has 84 valence electrons. The first-order chi connectivity index (χ1) is 7.58. The monoisotopic (exact) mass is 378 g/mol. The molecule has 1 unspecified atom stereocenters. The van der Waals surface area contributed by atoms with E-state index < -0.39 is 0 Å². The zero-order valence-corrected chi connectivity index (χ0v) is 13.3. The topological polar surface area (TPSA) is 0 Å². The van der Waals surface area contributed by atoms with Crippen LogP contribution in [0.5, 0.6) is 0 Å². The molecule has 16 heavy (non-hydrogen) atoms. The zero-order valence-electron chi connectivity index (χ0n) is 8.51. The summed E-state index contributed by atoms with van der Waals surface area (Å²) in [4.78, 5) is 1.49. The summed E-state index contributed by atoms with van der Waals surface area (Å²) in [5.74, 6) is 0. The van der Waals surface area contributed by atoms with E-state index in [0.29, 0.717) is 0 Å². The van der Waals surface area contributed by atoms with E-state index in [0.717, 1.165) is 5.02 Å². The summed E-state index contributed by atoms with van der Waals surface area (Å²) < 4.78 is 1.19. The maximum absolute atomic E-state index is 5.99. The van der Waals surface area contributed by atoms with Gasteiger partial charge in [-0.3, -0.25) is 0 Å². The number of hydrogen-bond acceptors (Lipinski definition) is 1. The first-order valence-electron chi connectivity index (χ1n) is 4.73. The van der Waals surface area contributed by atoms with Crippen molar-refractivity contribution in [2.75, 3.05) is 0 Å². The highest BCUT2D eigenvalue weighted by molar-refractivity contribution is 9.11. The van der Waals surface area contributed by atoms with Crippen molar-refractivity contribution in [3.8, 4) is 0 Å². The Morgan fingerprint density at radius 1 is 1.31 bits per heavy atom. The first kappa shape index (κ1) is 12.6. The van der Waals surface area contributed by atoms with Crippen LogP contribution in [0.3, 0.4) is 0 Å². The van der Waals surface area contributed by atoms with Gasteiger partial charge in [0.25, 0.3) is 0 Å². The van der Waals surface area contributed by atoms with Crippen LogP contribution in [0.25, 0.3) is 0 Å². The second kappa shape index (κ2) is 5.21. The number of alkyl halides is 1. The normalized spacial score (nSPS) is 12.8. The van der Waals surface area contributed by atoms with Gasteiger partial charge in [-0.15, -0.1) is 11.3 Å². The minimum absolute atomic E-state index is 0.209. The molecule has 1 aromatic carbocycles. The van der Waals surface area contributed by atoms with E-state index in [1.54, 1.807) is 11.3 Å². The van der Waals surface area contributed by atoms with Gasteiger partial charge < -0.3 is 0 Å². The van der Waals surface area contributed by atoms with Crippen LogP contribution >= 0.6 is 54.8 Å². The largest absolute Gasteiger partial charge is 0.131 e. The van der Waals surface area contributed by atoms with Crippen LogP contribution in [0.1, 0.15) is 20.8 Å². The summed E-state index contributed by atoms with van der Waals surface area (Å²) in [5.41, 5.74) is 2.45. The lowest BCUT2D eigenvalue weighted by Gasteiger charge is -2.07. The molecule has 2 rings (SSSR count). The predicted octanol–water partition coefficient (Wildman–Crippen LogP) is 5.96. The van der Waals surface area contributed by atoms with E-state index in [-0.39, 0.29) is 4.83 Å². The van der Waals surface area contributed by atoms with Crippen LogP contribution in [0.2, 0.25) is 5.02 Å². The maximum atomic E-state index is 5.99. The molecular formula is C12H9Br2ClS. The molecule has 0 nitrogen and oxygen atoms in total. The van der Waals surface area contributed by atoms with E-state index >= 15 is 0 Å². The molecule has 0 spiro atoms. The Hall–Kier alpha value is 0.170. The predicted molar refractivity (Wildman–Crippen MR) is 79.0 cm³/mol. The first-order valence-corrected chi connectivity index (χ1v) is 7.63. The second-order valence-corrected chi connectivity index (χ2v) is 7.28. The fraction of sp³-hybridized carbons (Fsp3) is 0.167. The molecule has 0 saturated carbocycles. The third-order valence-electron chi connectivity index (χ3n) is 2.27. The van der Waals surface area contributed by atoms with E-state index in [9.17, 15) is 0 Å². The van der Waals surface area contributed by atoms with Crippen LogP contribution in [0.4, 0.5) is 0 Å². The molecule has 0 aliphatic rings. The average Bonchev–Trinajstić information content (AvgIpc) is 2.58. The Balaban J connectivity index is 2.35. The Morgan fingerprint density at radius 2 is 2.06 bits per heavy atom. The average molecular weight is 381 g/mol. The lowest BCUT2D eigenvalue weighted by Crippen LogP contribution is -1.88. The Labute approximate surface area is 121 Å². The Morgan fingerprint density at radius 3 is 2.62 bits per heavy atom. The number of aryl methyl sites for hydroxylation is 1. The lowest BCUT2D eigenvalue weighted by molar-refractivity contribution is 1.22. The van der Waals surface area contributed by atoms with Gasteiger partial charge >= 0.3 is 0 Å². The maximum Gasteiger partial charge on any atom is 0.0739 e. The van der Waals surface area contributed by atoms with E-state index in [1.165, 1.54) is 19.8 Å². The molecule has 0 aliphatic carbocycles. The molecule has 0 bridgehead atoms. The van der Waals surface area contributed by atoms with Crippen molar-refractivity contribution in [1.29, 1.82) is 0 Å². The van der Waals surface area contributed by atoms with Crippen molar-refractivity contribution in [1.82, 2.24) is 0 Å². The van der Waals surface area contributed by atoms with Crippen molar-refractivity contribution in [3.05, 3.63) is 55.1 Å². The highest BCUT2D eigenvalue weighted by Gasteiger charge is 2.14. The Bertz CT molecular complexity index is 488. The Kier molecular flexibility index (Phi) is 4.11. The molecule has 1 heterocycles. The van der Waals surface area contributed by atoms with Gasteiger partial charge in [0.15, 0.2) is 0 Å². The van der Waals surface area contributed by atoms with Gasteiger partial charge in [-0.1, -0.05) is 39.7 Å². The highest BCUT2D eigenvalue weighted by atomic mass is 79.9. The molecule has 0 amide bonds. The van der Waals surface area contributed by atoms with Gasteiger partial charge in [0.2, 0.25) is 0 Å². The molecule has 1 aromatic heterocycles. The third-order valence-corrected chi connectivity index (χ3v) is 6.03. The zero-order chi connectivity index (χ0) is 11.7. The number of hydrogen-bond donors (Lipinski definition) is 0. The smallest absolute Gasteiger partial charge is 0.0739 e. The molecule has 1 atom stereocenters. The molecule has 0 N–H and O–H groups in total. The van der Waals surface area contributed by atoms with Gasteiger partial charge in [0.05, 0.1) is 8.61 Å². The van der Waals surface area contributed by atoms with E-state index in [2.05, 4.69) is 50.9 Å². The molecule has 0 aliphatic heterocycles. The van der Waals surface area contributed by atoms with Crippen molar-refractivity contribution in [3.63, 3.8) is 0 Å². The molecule has 0 saturated heterocycles. The summed E-state index contributed by atoms with van der Waals surface area (Å²) in [6.07, 6.45) is 0. The fourth-order valence-corrected chi connectivity index (χ4v) is 3.91. The van der Waals surface area contributed by atoms with E-state index in [1.807, 2.05) is 18.2 Å². The summed E-state index contributed by atoms with van der Waals surface area (Å²) in [6.45, 7) is 2.10. The quantitative estimate of drug-likeness (QED) is 0.564. The third kappa shape index (κ3) is 2.70. The van der Waals surface area contributed by atoms with Gasteiger partial charge in [0, 0.05) is 9.90 Å². The summed E-state index contributed by atoms with van der Waals surface area (Å²) in [5, 5.41) is 0.772. The van der Waals surface area contributed by atoms with Crippen LogP contribution < -0.4 is 0 Å². The van der Waals surface area contributed by atoms with Crippen LogP contribution in [0, 0.1) is 6.92 Å². The molecule has 2 aromatic rings. The second-order valence-electron chi connectivity index (χ2n) is 3.52. The van der Waals surface area contributed by atoms with Crippen LogP contribution in [-0.2, 0) is 0 Å². The van der Waals surface area contributed by atoms with Crippen LogP contribution in [-0.4, -0.2) is 0 Å². The highest BCUT2D eigenvalue weighted by Crippen LogP contribution is 2.39. The van der Waals surface area contributed by atoms with E-state index in [4.69, 9.17) is 11.6 Å². The number of benzene rings is 1. The molecule has 0 radical (unpaired) electrons. The summed E-state index contributed by atoms with van der Waals surface area (Å²) in [7, 11) is 0. The summed E-state index contributed by atoms with van der Waals surface area (Å²) >= 11 is 15.0. The van der Waals surface area contributed by atoms with Crippen molar-refractivity contribution < 1.29 is 0 Å².